The lowest BCUT2D eigenvalue weighted by Crippen LogP contribution is -2.10. The van der Waals surface area contributed by atoms with E-state index in [2.05, 4.69) is 9.97 Å². The number of nitrogens with zero attached hydrogens (tertiary/aromatic N) is 2. The van der Waals surface area contributed by atoms with Crippen LogP contribution in [0.1, 0.15) is 24.2 Å². The fourth-order valence-corrected chi connectivity index (χ4v) is 2.45. The molecule has 0 aliphatic carbocycles. The summed E-state index contributed by atoms with van der Waals surface area (Å²) in [7, 11) is 0. The molecule has 0 fully saturated rings. The van der Waals surface area contributed by atoms with Crippen LogP contribution < -0.4 is 4.74 Å². The topological polar surface area (TPSA) is 72.3 Å². The van der Waals surface area contributed by atoms with Crippen LogP contribution in [0, 0.1) is 6.92 Å². The fourth-order valence-electron chi connectivity index (χ4n) is 2.45. The lowest BCUT2D eigenvalue weighted by molar-refractivity contribution is -0.138. The van der Waals surface area contributed by atoms with Crippen LogP contribution in [-0.2, 0) is 4.79 Å². The van der Waals surface area contributed by atoms with Crippen LogP contribution in [0.15, 0.2) is 60.8 Å². The number of rotatable bonds is 5. The highest BCUT2D eigenvalue weighted by atomic mass is 16.5. The predicted molar refractivity (Wildman–Crippen MR) is 94.8 cm³/mol. The van der Waals surface area contributed by atoms with E-state index in [1.54, 1.807) is 13.8 Å². The first-order valence-electron chi connectivity index (χ1n) is 7.94. The molecule has 1 aromatic heterocycles. The summed E-state index contributed by atoms with van der Waals surface area (Å²) in [6.07, 6.45) is 1.51. The predicted octanol–water partition coefficient (Wildman–Crippen LogP) is 4.43. The van der Waals surface area contributed by atoms with E-state index in [1.807, 2.05) is 54.6 Å². The van der Waals surface area contributed by atoms with Crippen LogP contribution in [0.3, 0.4) is 0 Å². The molecule has 1 unspecified atom stereocenters. The standard InChI is InChI=1S/C20H18N2O3/c1-13(20(23)24)18-12-21-14(2)22-19(18)25-17-10-6-9-16(11-17)15-7-4-3-5-8-15/h3-13H,1-2H3,(H,23,24). The van der Waals surface area contributed by atoms with Gasteiger partial charge < -0.3 is 9.84 Å². The lowest BCUT2D eigenvalue weighted by Gasteiger charge is -2.13. The van der Waals surface area contributed by atoms with Crippen LogP contribution in [0.4, 0.5) is 0 Å². The minimum absolute atomic E-state index is 0.271. The van der Waals surface area contributed by atoms with Crippen molar-refractivity contribution in [2.45, 2.75) is 19.8 Å². The zero-order valence-electron chi connectivity index (χ0n) is 14.0. The quantitative estimate of drug-likeness (QED) is 0.747. The van der Waals surface area contributed by atoms with Gasteiger partial charge in [-0.05, 0) is 37.1 Å². The first-order valence-corrected chi connectivity index (χ1v) is 7.94. The first-order chi connectivity index (χ1) is 12.0. The van der Waals surface area contributed by atoms with E-state index in [0.29, 0.717) is 17.1 Å². The number of carbonyl (C=O) groups is 1. The van der Waals surface area contributed by atoms with Crippen molar-refractivity contribution in [2.75, 3.05) is 0 Å². The van der Waals surface area contributed by atoms with Crippen LogP contribution in [0.2, 0.25) is 0 Å². The number of carboxylic acids is 1. The summed E-state index contributed by atoms with van der Waals surface area (Å²) in [4.78, 5) is 19.7. The van der Waals surface area contributed by atoms with Gasteiger partial charge in [-0.2, -0.15) is 4.98 Å². The van der Waals surface area contributed by atoms with E-state index in [0.717, 1.165) is 11.1 Å². The SMILES string of the molecule is Cc1ncc(C(C)C(=O)O)c(Oc2cccc(-c3ccccc3)c2)n1. The molecule has 0 aliphatic rings. The summed E-state index contributed by atoms with van der Waals surface area (Å²) in [5.74, 6) is -0.315. The number of aromatic nitrogens is 2. The highest BCUT2D eigenvalue weighted by Crippen LogP contribution is 2.31. The van der Waals surface area contributed by atoms with Gasteiger partial charge in [-0.25, -0.2) is 4.98 Å². The maximum Gasteiger partial charge on any atom is 0.310 e. The van der Waals surface area contributed by atoms with Gasteiger partial charge in [0.1, 0.15) is 11.6 Å². The van der Waals surface area contributed by atoms with E-state index in [9.17, 15) is 9.90 Å². The fraction of sp³-hybridized carbons (Fsp3) is 0.150. The molecular formula is C20H18N2O3. The highest BCUT2D eigenvalue weighted by molar-refractivity contribution is 5.76. The highest BCUT2D eigenvalue weighted by Gasteiger charge is 2.21. The Labute approximate surface area is 146 Å². The smallest absolute Gasteiger partial charge is 0.310 e. The molecular weight excluding hydrogens is 316 g/mol. The van der Waals surface area contributed by atoms with Gasteiger partial charge in [0.15, 0.2) is 0 Å². The third-order valence-electron chi connectivity index (χ3n) is 3.89. The summed E-state index contributed by atoms with van der Waals surface area (Å²) < 4.78 is 5.91. The third kappa shape index (κ3) is 3.83. The second-order valence-electron chi connectivity index (χ2n) is 5.73. The van der Waals surface area contributed by atoms with Crippen molar-refractivity contribution in [3.05, 3.63) is 72.2 Å². The summed E-state index contributed by atoms with van der Waals surface area (Å²) in [6.45, 7) is 3.33. The van der Waals surface area contributed by atoms with E-state index >= 15 is 0 Å². The molecule has 5 heteroatoms. The Balaban J connectivity index is 1.95. The van der Waals surface area contributed by atoms with Crippen LogP contribution in [0.5, 0.6) is 11.6 Å². The molecule has 2 aromatic carbocycles. The Hall–Kier alpha value is -3.21. The molecule has 1 heterocycles. The van der Waals surface area contributed by atoms with Crippen molar-refractivity contribution < 1.29 is 14.6 Å². The zero-order valence-corrected chi connectivity index (χ0v) is 14.0. The molecule has 0 spiro atoms. The monoisotopic (exact) mass is 334 g/mol. The Morgan fingerprint density at radius 3 is 2.52 bits per heavy atom. The van der Waals surface area contributed by atoms with E-state index < -0.39 is 11.9 Å². The lowest BCUT2D eigenvalue weighted by atomic mass is 10.0. The van der Waals surface area contributed by atoms with Crippen molar-refractivity contribution in [3.63, 3.8) is 0 Å². The van der Waals surface area contributed by atoms with Crippen LogP contribution in [-0.4, -0.2) is 21.0 Å². The second kappa shape index (κ2) is 7.13. The number of benzene rings is 2. The molecule has 0 saturated heterocycles. The van der Waals surface area contributed by atoms with Crippen molar-refractivity contribution in [3.8, 4) is 22.8 Å². The molecule has 0 saturated carbocycles. The van der Waals surface area contributed by atoms with Gasteiger partial charge >= 0.3 is 5.97 Å². The minimum Gasteiger partial charge on any atom is -0.481 e. The van der Waals surface area contributed by atoms with Gasteiger partial charge in [0.05, 0.1) is 5.92 Å². The van der Waals surface area contributed by atoms with Gasteiger partial charge in [-0.3, -0.25) is 4.79 Å². The van der Waals surface area contributed by atoms with Crippen molar-refractivity contribution in [1.82, 2.24) is 9.97 Å². The van der Waals surface area contributed by atoms with E-state index in [-0.39, 0.29) is 5.88 Å². The molecule has 0 amide bonds. The second-order valence-corrected chi connectivity index (χ2v) is 5.73. The molecule has 1 atom stereocenters. The molecule has 0 radical (unpaired) electrons. The average Bonchev–Trinajstić information content (AvgIpc) is 2.62. The number of hydrogen-bond donors (Lipinski definition) is 1. The first kappa shape index (κ1) is 16.6. The summed E-state index contributed by atoms with van der Waals surface area (Å²) in [6, 6.07) is 17.6. The summed E-state index contributed by atoms with van der Waals surface area (Å²) in [5.41, 5.74) is 2.53. The van der Waals surface area contributed by atoms with Gasteiger partial charge in [-0.15, -0.1) is 0 Å². The van der Waals surface area contributed by atoms with Crippen molar-refractivity contribution in [2.24, 2.45) is 0 Å². The number of carboxylic acid groups (broad SMARTS) is 1. The maximum atomic E-state index is 11.3. The van der Waals surface area contributed by atoms with Crippen molar-refractivity contribution >= 4 is 5.97 Å². The van der Waals surface area contributed by atoms with Gasteiger partial charge in [0.2, 0.25) is 5.88 Å². The molecule has 126 valence electrons. The van der Waals surface area contributed by atoms with Gasteiger partial charge in [-0.1, -0.05) is 42.5 Å². The third-order valence-corrected chi connectivity index (χ3v) is 3.89. The molecule has 0 aliphatic heterocycles. The van der Waals surface area contributed by atoms with E-state index in [4.69, 9.17) is 4.74 Å². The van der Waals surface area contributed by atoms with E-state index in [1.165, 1.54) is 6.20 Å². The Morgan fingerprint density at radius 2 is 1.80 bits per heavy atom. The van der Waals surface area contributed by atoms with Gasteiger partial charge in [0, 0.05) is 11.8 Å². The molecule has 3 aromatic rings. The molecule has 25 heavy (non-hydrogen) atoms. The van der Waals surface area contributed by atoms with Crippen molar-refractivity contribution in [1.29, 1.82) is 0 Å². The Bertz CT molecular complexity index is 894. The summed E-state index contributed by atoms with van der Waals surface area (Å²) in [5, 5.41) is 9.28. The molecule has 0 bridgehead atoms. The Morgan fingerprint density at radius 1 is 1.08 bits per heavy atom. The number of aliphatic carboxylic acids is 1. The van der Waals surface area contributed by atoms with Crippen LogP contribution >= 0.6 is 0 Å². The zero-order chi connectivity index (χ0) is 17.8. The number of hydrogen-bond acceptors (Lipinski definition) is 4. The molecule has 3 rings (SSSR count). The molecule has 1 N–H and O–H groups in total. The summed E-state index contributed by atoms with van der Waals surface area (Å²) >= 11 is 0. The minimum atomic E-state index is -0.949. The molecule has 5 nitrogen and oxygen atoms in total. The van der Waals surface area contributed by atoms with Gasteiger partial charge in [0.25, 0.3) is 0 Å². The Kier molecular flexibility index (Phi) is 4.75. The normalized spacial score (nSPS) is 11.8. The number of aryl methyl sites for hydroxylation is 1. The average molecular weight is 334 g/mol. The largest absolute Gasteiger partial charge is 0.481 e. The number of ether oxygens (including phenoxy) is 1. The maximum absolute atomic E-state index is 11.3. The van der Waals surface area contributed by atoms with Crippen LogP contribution in [0.25, 0.3) is 11.1 Å².